The zero-order valence-electron chi connectivity index (χ0n) is 7.36. The second-order valence-electron chi connectivity index (χ2n) is 3.32. The molecule has 0 spiro atoms. The van der Waals surface area contributed by atoms with Crippen molar-refractivity contribution in [3.8, 4) is 0 Å². The lowest BCUT2D eigenvalue weighted by Gasteiger charge is -2.19. The molecule has 5 heteroatoms. The quantitative estimate of drug-likeness (QED) is 0.599. The summed E-state index contributed by atoms with van der Waals surface area (Å²) in [5.41, 5.74) is -2.09. The molecule has 76 valence electrons. The molecule has 0 unspecified atom stereocenters. The van der Waals surface area contributed by atoms with E-state index in [9.17, 15) is 9.18 Å². The zero-order valence-corrected chi connectivity index (χ0v) is 7.36. The van der Waals surface area contributed by atoms with Gasteiger partial charge in [0.15, 0.2) is 0 Å². The molecular weight excluding hydrogens is 179 g/mol. The maximum absolute atomic E-state index is 13.6. The topological polar surface area (TPSA) is 66.8 Å². The third-order valence-electron chi connectivity index (χ3n) is 2.42. The third-order valence-corrected chi connectivity index (χ3v) is 2.42. The van der Waals surface area contributed by atoms with Gasteiger partial charge < -0.3 is 14.9 Å². The molecule has 1 heterocycles. The van der Waals surface area contributed by atoms with Crippen LogP contribution in [0.2, 0.25) is 0 Å². The number of ether oxygens (including phenoxy) is 1. The first-order valence-corrected chi connectivity index (χ1v) is 4.15. The van der Waals surface area contributed by atoms with Crippen molar-refractivity contribution in [1.29, 1.82) is 0 Å². The van der Waals surface area contributed by atoms with E-state index in [1.54, 1.807) is 0 Å². The number of rotatable bonds is 3. The minimum absolute atomic E-state index is 0.115. The summed E-state index contributed by atoms with van der Waals surface area (Å²) in [5, 5.41) is 17.4. The van der Waals surface area contributed by atoms with Gasteiger partial charge in [-0.2, -0.15) is 0 Å². The lowest BCUT2D eigenvalue weighted by Crippen LogP contribution is -2.35. The minimum Gasteiger partial charge on any atom is -0.457 e. The van der Waals surface area contributed by atoms with E-state index >= 15 is 0 Å². The number of halogens is 1. The fourth-order valence-electron chi connectivity index (χ4n) is 1.60. The SMILES string of the molecule is C[C@]1(F)C(=O)O[C@H](CO)[C@@H]1CCO. The number of aliphatic hydroxyl groups excluding tert-OH is 2. The van der Waals surface area contributed by atoms with Gasteiger partial charge in [-0.05, 0) is 13.3 Å². The highest BCUT2D eigenvalue weighted by Gasteiger charge is 2.54. The van der Waals surface area contributed by atoms with Crippen molar-refractivity contribution in [2.24, 2.45) is 5.92 Å². The summed E-state index contributed by atoms with van der Waals surface area (Å²) in [6.07, 6.45) is -0.709. The number of esters is 1. The molecule has 0 aromatic rings. The Labute approximate surface area is 75.3 Å². The lowest BCUT2D eigenvalue weighted by molar-refractivity contribution is -0.150. The van der Waals surface area contributed by atoms with Crippen molar-refractivity contribution in [2.45, 2.75) is 25.1 Å². The van der Waals surface area contributed by atoms with E-state index in [0.29, 0.717) is 0 Å². The van der Waals surface area contributed by atoms with Crippen LogP contribution >= 0.6 is 0 Å². The highest BCUT2D eigenvalue weighted by Crippen LogP contribution is 2.37. The van der Waals surface area contributed by atoms with Crippen LogP contribution in [0.1, 0.15) is 13.3 Å². The average molecular weight is 192 g/mol. The summed E-state index contributed by atoms with van der Waals surface area (Å²) >= 11 is 0. The maximum Gasteiger partial charge on any atom is 0.344 e. The first-order chi connectivity index (χ1) is 6.04. The van der Waals surface area contributed by atoms with Gasteiger partial charge in [-0.3, -0.25) is 0 Å². The summed E-state index contributed by atoms with van der Waals surface area (Å²) < 4.78 is 18.2. The molecule has 2 N–H and O–H groups in total. The Morgan fingerprint density at radius 1 is 1.62 bits per heavy atom. The molecule has 0 amide bonds. The molecule has 0 aromatic heterocycles. The first-order valence-electron chi connectivity index (χ1n) is 4.15. The van der Waals surface area contributed by atoms with Gasteiger partial charge in [0, 0.05) is 12.5 Å². The van der Waals surface area contributed by atoms with E-state index in [2.05, 4.69) is 4.74 Å². The van der Waals surface area contributed by atoms with Crippen molar-refractivity contribution < 1.29 is 24.1 Å². The molecule has 0 radical (unpaired) electrons. The minimum atomic E-state index is -2.09. The van der Waals surface area contributed by atoms with Crippen LogP contribution in [-0.4, -0.2) is 41.2 Å². The van der Waals surface area contributed by atoms with E-state index in [4.69, 9.17) is 10.2 Å². The van der Waals surface area contributed by atoms with Gasteiger partial charge >= 0.3 is 5.97 Å². The van der Waals surface area contributed by atoms with E-state index < -0.39 is 30.3 Å². The molecule has 0 aliphatic carbocycles. The molecule has 1 fully saturated rings. The van der Waals surface area contributed by atoms with Gasteiger partial charge in [-0.25, -0.2) is 9.18 Å². The van der Waals surface area contributed by atoms with Crippen LogP contribution in [0.15, 0.2) is 0 Å². The second kappa shape index (κ2) is 3.59. The Morgan fingerprint density at radius 2 is 2.23 bits per heavy atom. The predicted molar refractivity (Wildman–Crippen MR) is 41.7 cm³/mol. The van der Waals surface area contributed by atoms with Crippen molar-refractivity contribution in [1.82, 2.24) is 0 Å². The number of hydrogen-bond acceptors (Lipinski definition) is 4. The highest BCUT2D eigenvalue weighted by atomic mass is 19.1. The maximum atomic E-state index is 13.6. The summed E-state index contributed by atoms with van der Waals surface area (Å²) in [7, 11) is 0. The number of alkyl halides is 1. The number of carbonyl (C=O) groups is 1. The van der Waals surface area contributed by atoms with Crippen LogP contribution in [0, 0.1) is 5.92 Å². The van der Waals surface area contributed by atoms with Crippen LogP contribution in [0.3, 0.4) is 0 Å². The lowest BCUT2D eigenvalue weighted by atomic mass is 9.87. The first kappa shape index (κ1) is 10.4. The Morgan fingerprint density at radius 3 is 2.69 bits per heavy atom. The van der Waals surface area contributed by atoms with Gasteiger partial charge in [0.1, 0.15) is 6.10 Å². The predicted octanol–water partition coefficient (Wildman–Crippen LogP) is -0.369. The van der Waals surface area contributed by atoms with Crippen LogP contribution in [-0.2, 0) is 9.53 Å². The Hall–Kier alpha value is -0.680. The van der Waals surface area contributed by atoms with E-state index in [-0.39, 0.29) is 13.0 Å². The standard InChI is InChI=1S/C8H13FO4/c1-8(9)5(2-3-10)6(4-11)13-7(8)12/h5-6,10-11H,2-4H2,1H3/t5-,6+,8+/m0/s1. The van der Waals surface area contributed by atoms with Crippen LogP contribution in [0.5, 0.6) is 0 Å². The Balaban J connectivity index is 2.78. The normalized spacial score (nSPS) is 39.2. The van der Waals surface area contributed by atoms with Crippen LogP contribution in [0.4, 0.5) is 4.39 Å². The van der Waals surface area contributed by atoms with Crippen molar-refractivity contribution in [3.63, 3.8) is 0 Å². The summed E-state index contributed by atoms with van der Waals surface area (Å²) in [5.74, 6) is -1.71. The number of hydrogen-bond donors (Lipinski definition) is 2. The second-order valence-corrected chi connectivity index (χ2v) is 3.32. The van der Waals surface area contributed by atoms with E-state index in [1.807, 2.05) is 0 Å². The van der Waals surface area contributed by atoms with Crippen LogP contribution in [0.25, 0.3) is 0 Å². The number of carbonyl (C=O) groups excluding carboxylic acids is 1. The summed E-state index contributed by atoms with van der Waals surface area (Å²) in [6, 6.07) is 0. The monoisotopic (exact) mass is 192 g/mol. The van der Waals surface area contributed by atoms with Crippen molar-refractivity contribution in [2.75, 3.05) is 13.2 Å². The fourth-order valence-corrected chi connectivity index (χ4v) is 1.60. The molecule has 0 bridgehead atoms. The number of cyclic esters (lactones) is 1. The molecule has 3 atom stereocenters. The molecule has 1 rings (SSSR count). The van der Waals surface area contributed by atoms with Gasteiger partial charge in [0.25, 0.3) is 0 Å². The molecule has 1 saturated heterocycles. The summed E-state index contributed by atoms with van der Waals surface area (Å²) in [6.45, 7) is 0.485. The van der Waals surface area contributed by atoms with Gasteiger partial charge in [-0.15, -0.1) is 0 Å². The van der Waals surface area contributed by atoms with Gasteiger partial charge in [-0.1, -0.05) is 0 Å². The van der Waals surface area contributed by atoms with Crippen molar-refractivity contribution >= 4 is 5.97 Å². The molecule has 1 aliphatic heterocycles. The largest absolute Gasteiger partial charge is 0.457 e. The smallest absolute Gasteiger partial charge is 0.344 e. The molecule has 0 saturated carbocycles. The number of aliphatic hydroxyl groups is 2. The van der Waals surface area contributed by atoms with E-state index in [1.165, 1.54) is 0 Å². The molecule has 13 heavy (non-hydrogen) atoms. The molecule has 0 aromatic carbocycles. The summed E-state index contributed by atoms with van der Waals surface area (Å²) in [4.78, 5) is 11.0. The van der Waals surface area contributed by atoms with Crippen LogP contribution < -0.4 is 0 Å². The van der Waals surface area contributed by atoms with Gasteiger partial charge in [0.05, 0.1) is 6.61 Å². The fraction of sp³-hybridized carbons (Fsp3) is 0.875. The average Bonchev–Trinajstić information content (AvgIpc) is 2.29. The molecule has 1 aliphatic rings. The Bertz CT molecular complexity index is 204. The van der Waals surface area contributed by atoms with Gasteiger partial charge in [0.2, 0.25) is 5.67 Å². The third kappa shape index (κ3) is 1.66. The Kier molecular flexibility index (Phi) is 2.87. The molecular formula is C8H13FO4. The highest BCUT2D eigenvalue weighted by molar-refractivity contribution is 5.81. The van der Waals surface area contributed by atoms with E-state index in [0.717, 1.165) is 6.92 Å². The molecule has 4 nitrogen and oxygen atoms in total. The zero-order chi connectivity index (χ0) is 10.1. The van der Waals surface area contributed by atoms with Crippen molar-refractivity contribution in [3.05, 3.63) is 0 Å².